The number of benzene rings is 2. The number of carbonyl (C=O) groups is 2. The predicted molar refractivity (Wildman–Crippen MR) is 83.8 cm³/mol. The van der Waals surface area contributed by atoms with Crippen molar-refractivity contribution in [2.75, 3.05) is 0 Å². The van der Waals surface area contributed by atoms with Gasteiger partial charge in [0.25, 0.3) is 0 Å². The highest BCUT2D eigenvalue weighted by molar-refractivity contribution is 6.06. The van der Waals surface area contributed by atoms with Crippen LogP contribution in [0.25, 0.3) is 16.3 Å². The van der Waals surface area contributed by atoms with Gasteiger partial charge in [-0.1, -0.05) is 42.5 Å². The smallest absolute Gasteiger partial charge is 0.217 e. The molecule has 0 aliphatic heterocycles. The van der Waals surface area contributed by atoms with Gasteiger partial charge in [0.05, 0.1) is 6.04 Å². The van der Waals surface area contributed by atoms with Crippen LogP contribution >= 0.6 is 0 Å². The minimum Gasteiger partial charge on any atom is -0.346 e. The average Bonchev–Trinajstić information content (AvgIpc) is 2.48. The molecule has 0 saturated heterocycles. The third-order valence-electron chi connectivity index (χ3n) is 3.88. The van der Waals surface area contributed by atoms with Crippen LogP contribution in [0.4, 0.5) is 0 Å². The van der Waals surface area contributed by atoms with Crippen molar-refractivity contribution in [2.45, 2.75) is 25.8 Å². The van der Waals surface area contributed by atoms with E-state index >= 15 is 0 Å². The van der Waals surface area contributed by atoms with E-state index in [2.05, 4.69) is 29.6 Å². The van der Waals surface area contributed by atoms with Gasteiger partial charge in [-0.3, -0.25) is 9.59 Å². The molecule has 0 bridgehead atoms. The highest BCUT2D eigenvalue weighted by atomic mass is 16.2. The van der Waals surface area contributed by atoms with Crippen LogP contribution in [0.2, 0.25) is 0 Å². The summed E-state index contributed by atoms with van der Waals surface area (Å²) in [6.07, 6.45) is 3.14. The molecule has 0 fully saturated rings. The molecule has 2 aromatic carbocycles. The molecular weight excluding hydrogens is 262 g/mol. The van der Waals surface area contributed by atoms with E-state index in [0.717, 1.165) is 22.9 Å². The Balaban J connectivity index is 1.97. The monoisotopic (exact) mass is 279 g/mol. The van der Waals surface area contributed by atoms with E-state index in [4.69, 9.17) is 0 Å². The predicted octanol–water partition coefficient (Wildman–Crippen LogP) is 3.09. The second-order valence-electron chi connectivity index (χ2n) is 5.39. The normalized spacial score (nSPS) is 18.4. The van der Waals surface area contributed by atoms with Gasteiger partial charge < -0.3 is 5.32 Å². The first-order chi connectivity index (χ1) is 10.1. The second kappa shape index (κ2) is 5.52. The number of carbonyl (C=O) groups excluding carboxylic acids is 2. The summed E-state index contributed by atoms with van der Waals surface area (Å²) in [7, 11) is 0. The Hall–Kier alpha value is -2.42. The first-order valence-corrected chi connectivity index (χ1v) is 7.15. The van der Waals surface area contributed by atoms with E-state index < -0.39 is 0 Å². The molecule has 1 amide bonds. The number of allylic oxidation sites excluding steroid dienone is 1. The first kappa shape index (κ1) is 13.6. The lowest BCUT2D eigenvalue weighted by molar-refractivity contribution is -0.124. The fourth-order valence-corrected chi connectivity index (χ4v) is 2.89. The maximum atomic E-state index is 12.2. The molecular formula is C18H17NO2. The molecule has 3 rings (SSSR count). The quantitative estimate of drug-likeness (QED) is 0.918. The standard InChI is InChI=1S/C18H17NO2/c1-12(20)19-17-10-9-14(11-18(17)21)16-8-4-6-13-5-2-3-7-15(13)16/h2-8,11,17H,9-10H2,1H3,(H,19,20). The lowest BCUT2D eigenvalue weighted by Crippen LogP contribution is -2.40. The Bertz CT molecular complexity index is 740. The molecule has 21 heavy (non-hydrogen) atoms. The van der Waals surface area contributed by atoms with Crippen LogP contribution in [0.1, 0.15) is 25.3 Å². The lowest BCUT2D eigenvalue weighted by Gasteiger charge is -2.22. The molecule has 0 spiro atoms. The largest absolute Gasteiger partial charge is 0.346 e. The fraction of sp³-hybridized carbons (Fsp3) is 0.222. The molecule has 3 nitrogen and oxygen atoms in total. The Morgan fingerprint density at radius 1 is 1.14 bits per heavy atom. The van der Waals surface area contributed by atoms with Crippen molar-refractivity contribution in [2.24, 2.45) is 0 Å². The summed E-state index contributed by atoms with van der Waals surface area (Å²) in [5, 5.41) is 5.04. The van der Waals surface area contributed by atoms with Crippen LogP contribution in [0.3, 0.4) is 0 Å². The van der Waals surface area contributed by atoms with Gasteiger partial charge in [0.1, 0.15) is 0 Å². The van der Waals surface area contributed by atoms with Gasteiger partial charge in [0.2, 0.25) is 5.91 Å². The van der Waals surface area contributed by atoms with Crippen LogP contribution in [0.15, 0.2) is 48.5 Å². The number of amides is 1. The van der Waals surface area contributed by atoms with E-state index in [1.807, 2.05) is 18.2 Å². The number of hydrogen-bond acceptors (Lipinski definition) is 2. The number of hydrogen-bond donors (Lipinski definition) is 1. The average molecular weight is 279 g/mol. The Kier molecular flexibility index (Phi) is 3.57. The highest BCUT2D eigenvalue weighted by Gasteiger charge is 2.23. The zero-order valence-corrected chi connectivity index (χ0v) is 11.9. The summed E-state index contributed by atoms with van der Waals surface area (Å²) in [6, 6.07) is 13.9. The summed E-state index contributed by atoms with van der Waals surface area (Å²) in [5.74, 6) is -0.172. The van der Waals surface area contributed by atoms with Gasteiger partial charge in [-0.05, 0) is 40.8 Å². The van der Waals surface area contributed by atoms with Gasteiger partial charge >= 0.3 is 0 Å². The van der Waals surface area contributed by atoms with Crippen LogP contribution in [0.5, 0.6) is 0 Å². The third kappa shape index (κ3) is 2.72. The number of fused-ring (bicyclic) bond motifs is 1. The SMILES string of the molecule is CC(=O)NC1CCC(c2cccc3ccccc23)=CC1=O. The minimum atomic E-state index is -0.374. The number of nitrogens with one attached hydrogen (secondary N) is 1. The van der Waals surface area contributed by atoms with Crippen LogP contribution in [-0.2, 0) is 9.59 Å². The maximum absolute atomic E-state index is 12.2. The van der Waals surface area contributed by atoms with E-state index in [1.54, 1.807) is 6.08 Å². The number of ketones is 1. The van der Waals surface area contributed by atoms with Crippen molar-refractivity contribution < 1.29 is 9.59 Å². The Labute approximate surface area is 123 Å². The van der Waals surface area contributed by atoms with Crippen molar-refractivity contribution in [1.29, 1.82) is 0 Å². The molecule has 1 aliphatic rings. The van der Waals surface area contributed by atoms with Gasteiger partial charge in [-0.25, -0.2) is 0 Å². The van der Waals surface area contributed by atoms with Gasteiger partial charge in [-0.2, -0.15) is 0 Å². The van der Waals surface area contributed by atoms with Crippen LogP contribution < -0.4 is 5.32 Å². The van der Waals surface area contributed by atoms with Crippen LogP contribution in [-0.4, -0.2) is 17.7 Å². The zero-order chi connectivity index (χ0) is 14.8. The summed E-state index contributed by atoms with van der Waals surface area (Å²) in [4.78, 5) is 23.3. The maximum Gasteiger partial charge on any atom is 0.217 e. The lowest BCUT2D eigenvalue weighted by atomic mass is 9.87. The molecule has 0 radical (unpaired) electrons. The number of rotatable bonds is 2. The summed E-state index contributed by atoms with van der Waals surface area (Å²) >= 11 is 0. The Morgan fingerprint density at radius 2 is 1.90 bits per heavy atom. The first-order valence-electron chi connectivity index (χ1n) is 7.15. The van der Waals surface area contributed by atoms with Crippen molar-refractivity contribution in [1.82, 2.24) is 5.32 Å². The molecule has 0 aromatic heterocycles. The van der Waals surface area contributed by atoms with E-state index in [0.29, 0.717) is 6.42 Å². The third-order valence-corrected chi connectivity index (χ3v) is 3.88. The van der Waals surface area contributed by atoms with Crippen molar-refractivity contribution in [3.63, 3.8) is 0 Å². The van der Waals surface area contributed by atoms with Crippen LogP contribution in [0, 0.1) is 0 Å². The summed E-state index contributed by atoms with van der Waals surface area (Å²) in [5.41, 5.74) is 2.17. The topological polar surface area (TPSA) is 46.2 Å². The molecule has 1 atom stereocenters. The molecule has 1 unspecified atom stereocenters. The molecule has 0 saturated carbocycles. The minimum absolute atomic E-state index is 0.0145. The van der Waals surface area contributed by atoms with E-state index in [1.165, 1.54) is 12.3 Å². The van der Waals surface area contributed by atoms with E-state index in [9.17, 15) is 9.59 Å². The van der Waals surface area contributed by atoms with Gasteiger partial charge in [-0.15, -0.1) is 0 Å². The van der Waals surface area contributed by atoms with E-state index in [-0.39, 0.29) is 17.7 Å². The van der Waals surface area contributed by atoms with Gasteiger partial charge in [0.15, 0.2) is 5.78 Å². The Morgan fingerprint density at radius 3 is 2.67 bits per heavy atom. The fourth-order valence-electron chi connectivity index (χ4n) is 2.89. The zero-order valence-electron chi connectivity index (χ0n) is 11.9. The van der Waals surface area contributed by atoms with Crippen molar-refractivity contribution in [3.8, 4) is 0 Å². The van der Waals surface area contributed by atoms with Gasteiger partial charge in [0, 0.05) is 6.92 Å². The second-order valence-corrected chi connectivity index (χ2v) is 5.39. The summed E-state index contributed by atoms with van der Waals surface area (Å²) in [6.45, 7) is 1.44. The molecule has 3 heteroatoms. The molecule has 106 valence electrons. The highest BCUT2D eigenvalue weighted by Crippen LogP contribution is 2.31. The molecule has 0 heterocycles. The van der Waals surface area contributed by atoms with Crippen molar-refractivity contribution in [3.05, 3.63) is 54.1 Å². The molecule has 1 N–H and O–H groups in total. The molecule has 2 aromatic rings. The molecule has 1 aliphatic carbocycles. The van der Waals surface area contributed by atoms with Crippen molar-refractivity contribution >= 4 is 28.0 Å². The summed E-state index contributed by atoms with van der Waals surface area (Å²) < 4.78 is 0.